The first-order valence-corrected chi connectivity index (χ1v) is 11.0. The number of aryl methyl sites for hydroxylation is 1. The summed E-state index contributed by atoms with van der Waals surface area (Å²) in [5.74, 6) is -0.388. The van der Waals surface area contributed by atoms with Crippen molar-refractivity contribution in [3.63, 3.8) is 0 Å². The third-order valence-electron chi connectivity index (χ3n) is 4.67. The summed E-state index contributed by atoms with van der Waals surface area (Å²) in [4.78, 5) is 38.4. The Labute approximate surface area is 190 Å². The minimum atomic E-state index is -0.509. The summed E-state index contributed by atoms with van der Waals surface area (Å²) < 4.78 is 5.74. The summed E-state index contributed by atoms with van der Waals surface area (Å²) in [7, 11) is 0. The number of imide groups is 1. The number of ether oxygens (including phenoxy) is 1. The van der Waals surface area contributed by atoms with Gasteiger partial charge in [-0.3, -0.25) is 19.3 Å². The normalized spacial score (nSPS) is 16.0. The number of nitrogens with one attached hydrogen (secondary N) is 1. The van der Waals surface area contributed by atoms with Gasteiger partial charge in [0.2, 0.25) is 5.91 Å². The molecular weight excluding hydrogens is 436 g/mol. The minimum absolute atomic E-state index is 0.0332. The average molecular weight is 459 g/mol. The number of carbonyl (C=O) groups is 3. The fraction of sp³-hybridized carbons (Fsp3) is 0.261. The van der Waals surface area contributed by atoms with E-state index in [4.69, 9.17) is 16.3 Å². The van der Waals surface area contributed by atoms with Crippen LogP contribution in [0.2, 0.25) is 5.02 Å². The first-order valence-electron chi connectivity index (χ1n) is 9.85. The summed E-state index contributed by atoms with van der Waals surface area (Å²) in [6, 6.07) is 12.4. The Bertz CT molecular complexity index is 1040. The van der Waals surface area contributed by atoms with Crippen LogP contribution in [0, 0.1) is 6.92 Å². The predicted octanol–water partition coefficient (Wildman–Crippen LogP) is 5.50. The third kappa shape index (κ3) is 5.89. The topological polar surface area (TPSA) is 75.7 Å². The van der Waals surface area contributed by atoms with Crippen LogP contribution < -0.4 is 10.1 Å². The van der Waals surface area contributed by atoms with Gasteiger partial charge >= 0.3 is 0 Å². The monoisotopic (exact) mass is 458 g/mol. The van der Waals surface area contributed by atoms with Gasteiger partial charge in [0.25, 0.3) is 11.1 Å². The molecule has 31 heavy (non-hydrogen) atoms. The van der Waals surface area contributed by atoms with E-state index < -0.39 is 17.1 Å². The molecule has 1 fully saturated rings. The molecule has 1 unspecified atom stereocenters. The van der Waals surface area contributed by atoms with E-state index in [1.807, 2.05) is 32.9 Å². The Kier molecular flexibility index (Phi) is 7.41. The van der Waals surface area contributed by atoms with Gasteiger partial charge in [-0.05, 0) is 67.9 Å². The lowest BCUT2D eigenvalue weighted by Crippen LogP contribution is -2.36. The summed E-state index contributed by atoms with van der Waals surface area (Å²) in [6.07, 6.45) is 2.47. The second kappa shape index (κ2) is 10.0. The van der Waals surface area contributed by atoms with Gasteiger partial charge in [0, 0.05) is 5.69 Å². The molecule has 162 valence electrons. The van der Waals surface area contributed by atoms with Crippen LogP contribution in [0.15, 0.2) is 47.4 Å². The zero-order chi connectivity index (χ0) is 22.5. The molecule has 1 atom stereocenters. The van der Waals surface area contributed by atoms with Crippen LogP contribution in [-0.4, -0.2) is 34.6 Å². The fourth-order valence-corrected chi connectivity index (χ4v) is 3.84. The summed E-state index contributed by atoms with van der Waals surface area (Å²) in [6.45, 7) is 5.56. The maximum Gasteiger partial charge on any atom is 0.294 e. The van der Waals surface area contributed by atoms with E-state index in [2.05, 4.69) is 5.32 Å². The van der Waals surface area contributed by atoms with Gasteiger partial charge in [-0.1, -0.05) is 42.3 Å². The van der Waals surface area contributed by atoms with Crippen molar-refractivity contribution in [1.82, 2.24) is 4.90 Å². The molecule has 2 aromatic rings. The summed E-state index contributed by atoms with van der Waals surface area (Å²) in [5.41, 5.74) is 2.33. The highest BCUT2D eigenvalue weighted by molar-refractivity contribution is 8.18. The Morgan fingerprint density at radius 2 is 1.94 bits per heavy atom. The molecule has 8 heteroatoms. The van der Waals surface area contributed by atoms with E-state index >= 15 is 0 Å². The molecule has 1 N–H and O–H groups in total. The van der Waals surface area contributed by atoms with E-state index in [0.717, 1.165) is 28.6 Å². The van der Waals surface area contributed by atoms with Crippen LogP contribution >= 0.6 is 23.4 Å². The van der Waals surface area contributed by atoms with Crippen LogP contribution in [0.3, 0.4) is 0 Å². The van der Waals surface area contributed by atoms with E-state index in [-0.39, 0.29) is 17.6 Å². The van der Waals surface area contributed by atoms with Gasteiger partial charge in [-0.15, -0.1) is 0 Å². The first-order chi connectivity index (χ1) is 14.8. The summed E-state index contributed by atoms with van der Waals surface area (Å²) >= 11 is 7.08. The highest BCUT2D eigenvalue weighted by atomic mass is 35.5. The number of nitrogens with zero attached hydrogens (tertiary/aromatic N) is 1. The average Bonchev–Trinajstić information content (AvgIpc) is 2.99. The van der Waals surface area contributed by atoms with Crippen molar-refractivity contribution in [2.75, 3.05) is 11.9 Å². The van der Waals surface area contributed by atoms with Gasteiger partial charge in [-0.2, -0.15) is 0 Å². The molecule has 0 radical (unpaired) electrons. The van der Waals surface area contributed by atoms with Crippen molar-refractivity contribution in [2.24, 2.45) is 0 Å². The van der Waals surface area contributed by atoms with Gasteiger partial charge in [0.1, 0.15) is 12.3 Å². The molecular formula is C23H23ClN2O4S. The van der Waals surface area contributed by atoms with Crippen LogP contribution in [0.4, 0.5) is 10.5 Å². The zero-order valence-electron chi connectivity index (χ0n) is 17.5. The van der Waals surface area contributed by atoms with E-state index in [1.165, 1.54) is 0 Å². The number of carbonyl (C=O) groups excluding carboxylic acids is 3. The first kappa shape index (κ1) is 22.9. The Morgan fingerprint density at radius 1 is 1.23 bits per heavy atom. The van der Waals surface area contributed by atoms with E-state index in [1.54, 1.807) is 36.4 Å². The van der Waals surface area contributed by atoms with Crippen molar-refractivity contribution >= 4 is 52.2 Å². The molecule has 0 aromatic heterocycles. The van der Waals surface area contributed by atoms with E-state index in [9.17, 15) is 14.4 Å². The van der Waals surface area contributed by atoms with Crippen LogP contribution in [-0.2, 0) is 9.59 Å². The molecule has 0 bridgehead atoms. The van der Waals surface area contributed by atoms with Gasteiger partial charge in [-0.25, -0.2) is 0 Å². The lowest BCUT2D eigenvalue weighted by Gasteiger charge is -2.14. The van der Waals surface area contributed by atoms with Crippen molar-refractivity contribution in [2.45, 2.75) is 33.3 Å². The molecule has 1 saturated heterocycles. The predicted molar refractivity (Wildman–Crippen MR) is 124 cm³/mol. The molecule has 1 aliphatic rings. The number of benzene rings is 2. The number of thioether (sulfide) groups is 1. The largest absolute Gasteiger partial charge is 0.489 e. The van der Waals surface area contributed by atoms with Crippen LogP contribution in [0.25, 0.3) is 6.08 Å². The Morgan fingerprint density at radius 3 is 2.58 bits per heavy atom. The smallest absolute Gasteiger partial charge is 0.294 e. The highest BCUT2D eigenvalue weighted by Crippen LogP contribution is 2.34. The second-order valence-corrected chi connectivity index (χ2v) is 8.61. The maximum absolute atomic E-state index is 12.7. The Balaban J connectivity index is 1.67. The van der Waals surface area contributed by atoms with Gasteiger partial charge in [0.05, 0.1) is 16.0 Å². The molecule has 2 aromatic carbocycles. The number of halogens is 1. The van der Waals surface area contributed by atoms with E-state index in [0.29, 0.717) is 22.0 Å². The lowest BCUT2D eigenvalue weighted by atomic mass is 10.2. The third-order valence-corrected chi connectivity index (χ3v) is 5.87. The minimum Gasteiger partial charge on any atom is -0.489 e. The zero-order valence-corrected chi connectivity index (χ0v) is 19.0. The maximum atomic E-state index is 12.7. The lowest BCUT2D eigenvalue weighted by molar-refractivity contribution is -0.127. The molecule has 1 heterocycles. The standard InChI is InChI=1S/C23H23ClN2O4S/c1-4-15(3)30-19-10-7-16(11-18(19)24)12-20-22(28)26(23(29)31-20)13-21(27)25-17-8-5-14(2)6-9-17/h5-12,15H,4,13H2,1-3H3,(H,25,27). The van der Waals surface area contributed by atoms with Crippen molar-refractivity contribution in [3.8, 4) is 5.75 Å². The van der Waals surface area contributed by atoms with Crippen LogP contribution in [0.1, 0.15) is 31.4 Å². The van der Waals surface area contributed by atoms with Crippen molar-refractivity contribution in [3.05, 3.63) is 63.5 Å². The second-order valence-electron chi connectivity index (χ2n) is 7.21. The Hall–Kier alpha value is -2.77. The quantitative estimate of drug-likeness (QED) is 0.554. The summed E-state index contributed by atoms with van der Waals surface area (Å²) in [5, 5.41) is 2.62. The highest BCUT2D eigenvalue weighted by Gasteiger charge is 2.36. The van der Waals surface area contributed by atoms with Gasteiger partial charge < -0.3 is 10.1 Å². The molecule has 0 spiro atoms. The fourth-order valence-electron chi connectivity index (χ4n) is 2.77. The van der Waals surface area contributed by atoms with Crippen molar-refractivity contribution in [1.29, 1.82) is 0 Å². The number of amides is 3. The molecule has 1 aliphatic heterocycles. The molecule has 6 nitrogen and oxygen atoms in total. The SMILES string of the molecule is CCC(C)Oc1ccc(C=C2SC(=O)N(CC(=O)Nc3ccc(C)cc3)C2=O)cc1Cl. The molecule has 0 saturated carbocycles. The molecule has 3 amide bonds. The molecule has 3 rings (SSSR count). The number of anilines is 1. The molecule has 0 aliphatic carbocycles. The van der Waals surface area contributed by atoms with Gasteiger partial charge in [0.15, 0.2) is 0 Å². The number of rotatable bonds is 7. The van der Waals surface area contributed by atoms with Crippen molar-refractivity contribution < 1.29 is 19.1 Å². The van der Waals surface area contributed by atoms with Crippen LogP contribution in [0.5, 0.6) is 5.75 Å². The number of hydrogen-bond acceptors (Lipinski definition) is 5. The number of hydrogen-bond donors (Lipinski definition) is 1.